The first kappa shape index (κ1) is 24.9. The Morgan fingerprint density at radius 1 is 0.750 bits per heavy atom. The van der Waals surface area contributed by atoms with Gasteiger partial charge >= 0.3 is 10.1 Å². The summed E-state index contributed by atoms with van der Waals surface area (Å²) in [7, 11) is 1.44. The number of benzene rings is 3. The van der Waals surface area contributed by atoms with Crippen LogP contribution in [0.15, 0.2) is 68.7 Å². The maximum atomic E-state index is 13.6. The van der Waals surface area contributed by atoms with Gasteiger partial charge in [-0.3, -0.25) is 4.79 Å². The minimum atomic E-state index is -4.27. The molecule has 0 saturated carbocycles. The number of fused-ring (bicyclic) bond motifs is 1. The molecule has 0 radical (unpaired) electrons. The van der Waals surface area contributed by atoms with Crippen molar-refractivity contribution in [3.63, 3.8) is 0 Å². The lowest BCUT2D eigenvalue weighted by atomic mass is 10.1. The van der Waals surface area contributed by atoms with E-state index in [2.05, 4.69) is 0 Å². The van der Waals surface area contributed by atoms with E-state index in [0.29, 0.717) is 17.1 Å². The summed E-state index contributed by atoms with van der Waals surface area (Å²) >= 11 is 0. The molecule has 0 bridgehead atoms. The highest BCUT2D eigenvalue weighted by atomic mass is 32.2. The molecule has 0 amide bonds. The van der Waals surface area contributed by atoms with E-state index in [0.717, 1.165) is 5.56 Å². The lowest BCUT2D eigenvalue weighted by molar-refractivity contribution is 0.355. The third kappa shape index (κ3) is 4.55. The van der Waals surface area contributed by atoms with E-state index in [1.54, 1.807) is 30.3 Å². The summed E-state index contributed by atoms with van der Waals surface area (Å²) in [6.45, 7) is 1.83. The van der Waals surface area contributed by atoms with Crippen LogP contribution in [0.4, 0.5) is 0 Å². The van der Waals surface area contributed by atoms with Gasteiger partial charge in [0.05, 0.1) is 28.4 Å². The van der Waals surface area contributed by atoms with Crippen LogP contribution in [0.3, 0.4) is 0 Å². The van der Waals surface area contributed by atoms with Crippen LogP contribution < -0.4 is 28.6 Å². The fourth-order valence-corrected chi connectivity index (χ4v) is 4.58. The summed E-state index contributed by atoms with van der Waals surface area (Å²) < 4.78 is 58.8. The first-order valence-corrected chi connectivity index (χ1v) is 12.1. The standard InChI is InChI=1S/C26H24O9S/c1-15-6-9-18(10-7-15)36(28,29)35-22-14-17(30-2)13-21-23(22)24(27)26(33-5)25(34-21)16-8-11-19(31-3)20(12-16)32-4/h6-14H,1-5H3. The molecular formula is C26H24O9S. The molecule has 0 N–H and O–H groups in total. The minimum absolute atomic E-state index is 0.0408. The molecule has 0 aliphatic carbocycles. The lowest BCUT2D eigenvalue weighted by Gasteiger charge is -2.15. The Hall–Kier alpha value is -4.18. The first-order chi connectivity index (χ1) is 17.2. The second-order valence-electron chi connectivity index (χ2n) is 7.71. The van der Waals surface area contributed by atoms with Crippen molar-refractivity contribution in [2.24, 2.45) is 0 Å². The molecule has 1 aromatic heterocycles. The van der Waals surface area contributed by atoms with Gasteiger partial charge in [-0.05, 0) is 37.3 Å². The van der Waals surface area contributed by atoms with Crippen molar-refractivity contribution in [3.8, 4) is 40.1 Å². The summed E-state index contributed by atoms with van der Waals surface area (Å²) in [5, 5.41) is -0.118. The highest BCUT2D eigenvalue weighted by Gasteiger charge is 2.25. The number of aryl methyl sites for hydroxylation is 1. The van der Waals surface area contributed by atoms with Gasteiger partial charge in [-0.2, -0.15) is 8.42 Å². The van der Waals surface area contributed by atoms with Gasteiger partial charge in [0.25, 0.3) is 0 Å². The fraction of sp³-hybridized carbons (Fsp3) is 0.192. The monoisotopic (exact) mass is 512 g/mol. The number of methoxy groups -OCH3 is 4. The zero-order chi connectivity index (χ0) is 26.0. The van der Waals surface area contributed by atoms with Crippen molar-refractivity contribution < 1.29 is 36.0 Å². The summed E-state index contributed by atoms with van der Waals surface area (Å²) in [4.78, 5) is 13.5. The molecule has 36 heavy (non-hydrogen) atoms. The van der Waals surface area contributed by atoms with Crippen molar-refractivity contribution in [2.75, 3.05) is 28.4 Å². The average molecular weight is 513 g/mol. The topological polar surface area (TPSA) is 111 Å². The maximum absolute atomic E-state index is 13.6. The van der Waals surface area contributed by atoms with E-state index in [-0.39, 0.29) is 38.9 Å². The van der Waals surface area contributed by atoms with Crippen LogP contribution in [0.5, 0.6) is 28.7 Å². The molecule has 4 rings (SSSR count). The van der Waals surface area contributed by atoms with Gasteiger partial charge in [0.1, 0.15) is 21.6 Å². The van der Waals surface area contributed by atoms with Crippen LogP contribution in [0.1, 0.15) is 5.56 Å². The SMILES string of the molecule is COc1cc(OS(=O)(=O)c2ccc(C)cc2)c2c(=O)c(OC)c(-c3ccc(OC)c(OC)c3)oc2c1. The average Bonchev–Trinajstić information content (AvgIpc) is 2.87. The van der Waals surface area contributed by atoms with Crippen molar-refractivity contribution in [1.29, 1.82) is 0 Å². The van der Waals surface area contributed by atoms with Crippen LogP contribution in [0.25, 0.3) is 22.3 Å². The molecule has 0 atom stereocenters. The smallest absolute Gasteiger partial charge is 0.339 e. The van der Waals surface area contributed by atoms with E-state index < -0.39 is 15.5 Å². The summed E-state index contributed by atoms with van der Waals surface area (Å²) in [5.74, 6) is 0.841. The van der Waals surface area contributed by atoms with Crippen LogP contribution >= 0.6 is 0 Å². The molecule has 10 heteroatoms. The van der Waals surface area contributed by atoms with Gasteiger partial charge in [0.15, 0.2) is 23.0 Å². The van der Waals surface area contributed by atoms with E-state index in [1.807, 2.05) is 6.92 Å². The number of hydrogen-bond acceptors (Lipinski definition) is 9. The van der Waals surface area contributed by atoms with Crippen LogP contribution in [-0.4, -0.2) is 36.9 Å². The molecule has 9 nitrogen and oxygen atoms in total. The normalized spacial score (nSPS) is 11.2. The van der Waals surface area contributed by atoms with E-state index >= 15 is 0 Å². The molecule has 188 valence electrons. The molecule has 4 aromatic rings. The second-order valence-corrected chi connectivity index (χ2v) is 9.26. The predicted molar refractivity (Wildman–Crippen MR) is 133 cm³/mol. The van der Waals surface area contributed by atoms with Gasteiger partial charge in [0, 0.05) is 17.7 Å². The van der Waals surface area contributed by atoms with Gasteiger partial charge in [-0.1, -0.05) is 17.7 Å². The number of hydrogen-bond donors (Lipinski definition) is 0. The van der Waals surface area contributed by atoms with Gasteiger partial charge < -0.3 is 27.5 Å². The van der Waals surface area contributed by atoms with Crippen LogP contribution in [0.2, 0.25) is 0 Å². The predicted octanol–water partition coefficient (Wildman–Crippen LogP) is 4.57. The van der Waals surface area contributed by atoms with E-state index in [4.69, 9.17) is 27.5 Å². The van der Waals surface area contributed by atoms with Crippen molar-refractivity contribution in [3.05, 3.63) is 70.4 Å². The third-order valence-electron chi connectivity index (χ3n) is 5.49. The van der Waals surface area contributed by atoms with Gasteiger partial charge in [-0.15, -0.1) is 0 Å². The van der Waals surface area contributed by atoms with Crippen LogP contribution in [-0.2, 0) is 10.1 Å². The Morgan fingerprint density at radius 2 is 1.44 bits per heavy atom. The quantitative estimate of drug-likeness (QED) is 0.314. The van der Waals surface area contributed by atoms with Gasteiger partial charge in [-0.25, -0.2) is 0 Å². The second kappa shape index (κ2) is 9.82. The largest absolute Gasteiger partial charge is 0.496 e. The number of rotatable bonds is 8. The van der Waals surface area contributed by atoms with Crippen molar-refractivity contribution in [2.45, 2.75) is 11.8 Å². The highest BCUT2D eigenvalue weighted by molar-refractivity contribution is 7.87. The molecule has 0 aliphatic heterocycles. The Kier molecular flexibility index (Phi) is 6.80. The van der Waals surface area contributed by atoms with Crippen molar-refractivity contribution >= 4 is 21.1 Å². The fourth-order valence-electron chi connectivity index (χ4n) is 3.65. The Morgan fingerprint density at radius 3 is 2.06 bits per heavy atom. The van der Waals surface area contributed by atoms with Crippen LogP contribution in [0, 0.1) is 6.92 Å². The van der Waals surface area contributed by atoms with E-state index in [9.17, 15) is 13.2 Å². The number of ether oxygens (including phenoxy) is 4. The Balaban J connectivity index is 1.94. The molecule has 0 spiro atoms. The minimum Gasteiger partial charge on any atom is -0.496 e. The lowest BCUT2D eigenvalue weighted by Crippen LogP contribution is -2.14. The van der Waals surface area contributed by atoms with E-state index in [1.165, 1.54) is 52.7 Å². The summed E-state index contributed by atoms with van der Waals surface area (Å²) in [5.41, 5.74) is 0.772. The first-order valence-electron chi connectivity index (χ1n) is 10.7. The molecule has 0 unspecified atom stereocenters. The molecule has 0 fully saturated rings. The summed E-state index contributed by atoms with van der Waals surface area (Å²) in [6.07, 6.45) is 0. The molecule has 1 heterocycles. The third-order valence-corrected chi connectivity index (χ3v) is 6.73. The Bertz CT molecular complexity index is 1590. The highest BCUT2D eigenvalue weighted by Crippen LogP contribution is 2.39. The van der Waals surface area contributed by atoms with Gasteiger partial charge in [0.2, 0.25) is 11.2 Å². The molecule has 3 aromatic carbocycles. The zero-order valence-electron chi connectivity index (χ0n) is 20.3. The Labute approximate surface area is 207 Å². The van der Waals surface area contributed by atoms with Crippen molar-refractivity contribution in [1.82, 2.24) is 0 Å². The summed E-state index contributed by atoms with van der Waals surface area (Å²) in [6, 6.07) is 13.9. The molecule has 0 aliphatic rings. The molecular weight excluding hydrogens is 488 g/mol. The zero-order valence-corrected chi connectivity index (χ0v) is 21.1. The maximum Gasteiger partial charge on any atom is 0.339 e. The molecule has 0 saturated heterocycles.